The molecule has 0 aromatic carbocycles. The van der Waals surface area contributed by atoms with Crippen LogP contribution in [0.2, 0.25) is 0 Å². The highest BCUT2D eigenvalue weighted by Crippen LogP contribution is 2.08. The molecule has 0 fully saturated rings. The smallest absolute Gasteiger partial charge is 0.327 e. The van der Waals surface area contributed by atoms with Gasteiger partial charge in [-0.2, -0.15) is 25.3 Å². The summed E-state index contributed by atoms with van der Waals surface area (Å²) in [6, 6.07) is -6.37. The van der Waals surface area contributed by atoms with Crippen molar-refractivity contribution in [2.24, 2.45) is 17.6 Å². The maximum Gasteiger partial charge on any atom is 0.327 e. The van der Waals surface area contributed by atoms with Gasteiger partial charge >= 0.3 is 5.97 Å². The minimum absolute atomic E-state index is 0.0401. The molecule has 9 N–H and O–H groups in total. The molecular formula is C25H45N7O8S2. The lowest BCUT2D eigenvalue weighted by Gasteiger charge is -2.27. The molecule has 240 valence electrons. The molecule has 0 aliphatic carbocycles. The third kappa shape index (κ3) is 14.2. The highest BCUT2D eigenvalue weighted by atomic mass is 32.1. The number of carbonyl (C=O) groups is 7. The van der Waals surface area contributed by atoms with Crippen molar-refractivity contribution in [3.05, 3.63) is 0 Å². The molecule has 0 aromatic heterocycles. The molecule has 0 bridgehead atoms. The highest BCUT2D eigenvalue weighted by Gasteiger charge is 2.32. The summed E-state index contributed by atoms with van der Waals surface area (Å²) in [7, 11) is 0. The lowest BCUT2D eigenvalue weighted by atomic mass is 9.99. The molecule has 0 unspecified atom stereocenters. The van der Waals surface area contributed by atoms with E-state index in [-0.39, 0.29) is 23.8 Å². The van der Waals surface area contributed by atoms with Crippen LogP contribution in [0.5, 0.6) is 0 Å². The SMILES string of the molecule is CC(C)C[C@H](NC(=O)[C@@H](NC(=O)[C@H](CS)NC(=O)[C@H](C)N)C(C)C)C(=O)NCC(=O)N[C@@H](C)C(=O)N[C@@H](CS)C(=O)O. The highest BCUT2D eigenvalue weighted by molar-refractivity contribution is 7.80. The van der Waals surface area contributed by atoms with Crippen LogP contribution in [-0.4, -0.2) is 101 Å². The van der Waals surface area contributed by atoms with Crippen LogP contribution in [0.4, 0.5) is 0 Å². The molecule has 0 aromatic rings. The first-order valence-electron chi connectivity index (χ1n) is 13.4. The van der Waals surface area contributed by atoms with Crippen molar-refractivity contribution < 1.29 is 38.7 Å². The van der Waals surface area contributed by atoms with E-state index in [4.69, 9.17) is 10.8 Å². The molecule has 6 atom stereocenters. The fourth-order valence-corrected chi connectivity index (χ4v) is 3.89. The van der Waals surface area contributed by atoms with Gasteiger partial charge in [0, 0.05) is 11.5 Å². The van der Waals surface area contributed by atoms with E-state index in [1.807, 2.05) is 13.8 Å². The largest absolute Gasteiger partial charge is 0.480 e. The van der Waals surface area contributed by atoms with Crippen molar-refractivity contribution in [3.8, 4) is 0 Å². The van der Waals surface area contributed by atoms with E-state index < -0.39 is 90.1 Å². The molecule has 42 heavy (non-hydrogen) atoms. The molecule has 0 radical (unpaired) electrons. The zero-order valence-electron chi connectivity index (χ0n) is 24.7. The Bertz CT molecular complexity index is 980. The molecule has 0 aliphatic heterocycles. The maximum absolute atomic E-state index is 13.2. The summed E-state index contributed by atoms with van der Waals surface area (Å²) in [4.78, 5) is 86.4. The number of carboxylic acids is 1. The molecule has 0 saturated carbocycles. The van der Waals surface area contributed by atoms with Crippen molar-refractivity contribution >= 4 is 66.7 Å². The van der Waals surface area contributed by atoms with E-state index in [2.05, 4.69) is 57.2 Å². The van der Waals surface area contributed by atoms with Crippen molar-refractivity contribution in [1.29, 1.82) is 0 Å². The van der Waals surface area contributed by atoms with Crippen LogP contribution < -0.4 is 37.6 Å². The number of aliphatic carboxylic acids is 1. The molecule has 0 heterocycles. The summed E-state index contributed by atoms with van der Waals surface area (Å²) < 4.78 is 0. The molecular weight excluding hydrogens is 590 g/mol. The average Bonchev–Trinajstić information content (AvgIpc) is 2.89. The third-order valence-corrected chi connectivity index (χ3v) is 6.54. The quantitative estimate of drug-likeness (QED) is 0.0718. The van der Waals surface area contributed by atoms with Crippen molar-refractivity contribution in [1.82, 2.24) is 31.9 Å². The fraction of sp³-hybridized carbons (Fsp3) is 0.720. The Morgan fingerprint density at radius 3 is 1.64 bits per heavy atom. The van der Waals surface area contributed by atoms with Crippen molar-refractivity contribution in [2.75, 3.05) is 18.1 Å². The summed E-state index contributed by atoms with van der Waals surface area (Å²) in [6.45, 7) is 9.31. The van der Waals surface area contributed by atoms with Crippen molar-refractivity contribution in [2.45, 2.75) is 84.2 Å². The monoisotopic (exact) mass is 635 g/mol. The first-order valence-corrected chi connectivity index (χ1v) is 14.7. The Hall–Kier alpha value is -3.05. The van der Waals surface area contributed by atoms with Gasteiger partial charge in [0.15, 0.2) is 0 Å². The van der Waals surface area contributed by atoms with Gasteiger partial charge in [-0.25, -0.2) is 4.79 Å². The van der Waals surface area contributed by atoms with Gasteiger partial charge in [0.2, 0.25) is 35.4 Å². The van der Waals surface area contributed by atoms with E-state index in [0.29, 0.717) is 0 Å². The number of thiol groups is 2. The van der Waals surface area contributed by atoms with Gasteiger partial charge in [0.1, 0.15) is 30.2 Å². The van der Waals surface area contributed by atoms with E-state index in [1.165, 1.54) is 13.8 Å². The number of carbonyl (C=O) groups excluding carboxylic acids is 6. The second kappa shape index (κ2) is 19.2. The predicted molar refractivity (Wildman–Crippen MR) is 162 cm³/mol. The molecule has 0 aliphatic rings. The minimum atomic E-state index is -1.28. The molecule has 17 heteroatoms. The van der Waals surface area contributed by atoms with Gasteiger partial charge in [-0.1, -0.05) is 27.7 Å². The predicted octanol–water partition coefficient (Wildman–Crippen LogP) is -2.46. The number of nitrogens with one attached hydrogen (secondary N) is 6. The maximum atomic E-state index is 13.2. The topological polar surface area (TPSA) is 238 Å². The van der Waals surface area contributed by atoms with Crippen LogP contribution in [0, 0.1) is 11.8 Å². The zero-order chi connectivity index (χ0) is 32.7. The number of nitrogens with two attached hydrogens (primary N) is 1. The first kappa shape index (κ1) is 39.0. The molecule has 0 saturated heterocycles. The first-order chi connectivity index (χ1) is 19.4. The normalized spacial score (nSPS) is 15.3. The lowest BCUT2D eigenvalue weighted by molar-refractivity contribution is -0.141. The summed E-state index contributed by atoms with van der Waals surface area (Å²) in [5.41, 5.74) is 5.54. The number of carboxylic acid groups (broad SMARTS) is 1. The second-order valence-corrected chi connectivity index (χ2v) is 11.3. The molecule has 0 spiro atoms. The fourth-order valence-electron chi connectivity index (χ4n) is 3.38. The van der Waals surface area contributed by atoms with Crippen LogP contribution in [0.25, 0.3) is 0 Å². The third-order valence-electron chi connectivity index (χ3n) is 5.81. The van der Waals surface area contributed by atoms with E-state index in [0.717, 1.165) is 0 Å². The van der Waals surface area contributed by atoms with E-state index >= 15 is 0 Å². The van der Waals surface area contributed by atoms with Gasteiger partial charge in [-0.05, 0) is 32.1 Å². The van der Waals surface area contributed by atoms with Gasteiger partial charge in [0.25, 0.3) is 0 Å². The minimum Gasteiger partial charge on any atom is -0.480 e. The van der Waals surface area contributed by atoms with Gasteiger partial charge in [-0.3, -0.25) is 28.8 Å². The number of amides is 6. The van der Waals surface area contributed by atoms with E-state index in [9.17, 15) is 33.6 Å². The standard InChI is InChI=1S/C25H45N7O8S2/c1-11(2)7-15(22(36)27-8-18(33)28-14(6)21(35)31-17(10-42)25(39)40)29-24(38)19(12(3)4)32-23(37)16(9-41)30-20(34)13(5)26/h11-17,19,41-42H,7-10,26H2,1-6H3,(H,27,36)(H,28,33)(H,29,38)(H,30,34)(H,31,35)(H,32,37)(H,39,40)/t13-,14-,15-,16-,17-,19-/m0/s1. The number of rotatable bonds is 18. The molecule has 15 nitrogen and oxygen atoms in total. The molecule has 6 amide bonds. The summed E-state index contributed by atoms with van der Waals surface area (Å²) >= 11 is 7.95. The summed E-state index contributed by atoms with van der Waals surface area (Å²) in [5, 5.41) is 23.7. The lowest BCUT2D eigenvalue weighted by Crippen LogP contribution is -2.59. The van der Waals surface area contributed by atoms with Crippen molar-refractivity contribution in [3.63, 3.8) is 0 Å². The summed E-state index contributed by atoms with van der Waals surface area (Å²) in [6.07, 6.45) is 0.209. The van der Waals surface area contributed by atoms with Crippen LogP contribution in [0.3, 0.4) is 0 Å². The Labute approximate surface area is 256 Å². The zero-order valence-corrected chi connectivity index (χ0v) is 26.5. The Kier molecular flexibility index (Phi) is 17.8. The Morgan fingerprint density at radius 1 is 0.667 bits per heavy atom. The van der Waals surface area contributed by atoms with E-state index in [1.54, 1.807) is 13.8 Å². The van der Waals surface area contributed by atoms with Crippen LogP contribution in [-0.2, 0) is 33.6 Å². The summed E-state index contributed by atoms with van der Waals surface area (Å²) in [5.74, 6) is -5.94. The Morgan fingerprint density at radius 2 is 1.19 bits per heavy atom. The number of hydrogen-bond acceptors (Lipinski definition) is 10. The Balaban J connectivity index is 5.33. The van der Waals surface area contributed by atoms with Gasteiger partial charge in [0.05, 0.1) is 12.6 Å². The molecule has 0 rings (SSSR count). The average molecular weight is 636 g/mol. The number of hydrogen-bond donors (Lipinski definition) is 10. The second-order valence-electron chi connectivity index (χ2n) is 10.5. The van der Waals surface area contributed by atoms with Crippen LogP contribution in [0.1, 0.15) is 48.0 Å². The van der Waals surface area contributed by atoms with Crippen LogP contribution in [0.15, 0.2) is 0 Å². The van der Waals surface area contributed by atoms with Crippen LogP contribution >= 0.6 is 25.3 Å². The van der Waals surface area contributed by atoms with Gasteiger partial charge in [-0.15, -0.1) is 0 Å². The van der Waals surface area contributed by atoms with Gasteiger partial charge < -0.3 is 42.7 Å².